The Morgan fingerprint density at radius 2 is 1.70 bits per heavy atom. The van der Waals surface area contributed by atoms with E-state index in [2.05, 4.69) is 10.2 Å². The molecule has 40 heavy (non-hydrogen) atoms. The number of nitrogens with zero attached hydrogens (tertiary/aromatic N) is 3. The molecule has 214 valence electrons. The number of esters is 1. The number of hydrogen-bond donors (Lipinski definition) is 1. The van der Waals surface area contributed by atoms with Crippen LogP contribution >= 0.6 is 0 Å². The zero-order valence-corrected chi connectivity index (χ0v) is 23.6. The summed E-state index contributed by atoms with van der Waals surface area (Å²) < 4.78 is 21.8. The lowest BCUT2D eigenvalue weighted by Gasteiger charge is -2.39. The Bertz CT molecular complexity index is 1290. The highest BCUT2D eigenvalue weighted by Crippen LogP contribution is 2.40. The third kappa shape index (κ3) is 5.84. The van der Waals surface area contributed by atoms with Crippen molar-refractivity contribution in [3.8, 4) is 17.2 Å². The van der Waals surface area contributed by atoms with E-state index in [0.29, 0.717) is 72.4 Å². The second kappa shape index (κ2) is 12.7. The summed E-state index contributed by atoms with van der Waals surface area (Å²) in [5.74, 6) is 0.944. The third-order valence-electron chi connectivity index (χ3n) is 7.17. The third-order valence-corrected chi connectivity index (χ3v) is 7.17. The molecule has 0 radical (unpaired) electrons. The molecular weight excluding hydrogens is 516 g/mol. The van der Waals surface area contributed by atoms with E-state index in [-0.39, 0.29) is 18.5 Å². The van der Waals surface area contributed by atoms with Gasteiger partial charge >= 0.3 is 12.0 Å². The molecule has 0 aromatic heterocycles. The van der Waals surface area contributed by atoms with Crippen molar-refractivity contribution < 1.29 is 33.3 Å². The molecule has 2 aliphatic heterocycles. The number of urea groups is 1. The molecule has 3 amide bonds. The number of amides is 3. The largest absolute Gasteiger partial charge is 0.497 e. The number of para-hydroxylation sites is 1. The fraction of sp³-hybridized carbons (Fsp3) is 0.414. The van der Waals surface area contributed by atoms with Crippen molar-refractivity contribution in [1.82, 2.24) is 20.0 Å². The topological polar surface area (TPSA) is 110 Å². The summed E-state index contributed by atoms with van der Waals surface area (Å²) in [6.07, 6.45) is 0. The van der Waals surface area contributed by atoms with E-state index in [9.17, 15) is 14.4 Å². The molecule has 2 heterocycles. The van der Waals surface area contributed by atoms with Crippen LogP contribution in [0.5, 0.6) is 17.2 Å². The van der Waals surface area contributed by atoms with Crippen molar-refractivity contribution in [3.63, 3.8) is 0 Å². The predicted molar refractivity (Wildman–Crippen MR) is 148 cm³/mol. The number of nitrogens with one attached hydrogen (secondary N) is 1. The minimum Gasteiger partial charge on any atom is -0.497 e. The molecule has 11 heteroatoms. The zero-order chi connectivity index (χ0) is 28.8. The first-order valence-corrected chi connectivity index (χ1v) is 13.1. The molecule has 1 atom stereocenters. The number of ether oxygens (including phenoxy) is 4. The number of likely N-dealkylation sites (N-methyl/N-ethyl adjacent to an activating group) is 1. The molecular formula is C29H36N4O7. The molecule has 2 aromatic rings. The van der Waals surface area contributed by atoms with Gasteiger partial charge in [0.1, 0.15) is 5.75 Å². The minimum atomic E-state index is -0.807. The van der Waals surface area contributed by atoms with E-state index in [1.54, 1.807) is 68.4 Å². The van der Waals surface area contributed by atoms with Crippen molar-refractivity contribution in [3.05, 3.63) is 64.9 Å². The summed E-state index contributed by atoms with van der Waals surface area (Å²) in [5, 5.41) is 2.93. The number of carbonyl (C=O) groups excluding carboxylic acids is 3. The van der Waals surface area contributed by atoms with Crippen molar-refractivity contribution in [1.29, 1.82) is 0 Å². The summed E-state index contributed by atoms with van der Waals surface area (Å²) in [6, 6.07) is 11.3. The fourth-order valence-electron chi connectivity index (χ4n) is 5.03. The maximum atomic E-state index is 13.4. The molecule has 0 bridgehead atoms. The molecule has 2 aromatic carbocycles. The molecule has 0 aliphatic carbocycles. The van der Waals surface area contributed by atoms with Gasteiger partial charge in [0, 0.05) is 56.6 Å². The Balaban J connectivity index is 1.61. The van der Waals surface area contributed by atoms with Crippen molar-refractivity contribution in [2.75, 3.05) is 67.7 Å². The van der Waals surface area contributed by atoms with Crippen LogP contribution in [0, 0.1) is 0 Å². The van der Waals surface area contributed by atoms with E-state index in [1.165, 1.54) is 19.1 Å². The van der Waals surface area contributed by atoms with Crippen LogP contribution in [0.3, 0.4) is 0 Å². The number of benzene rings is 2. The first-order valence-electron chi connectivity index (χ1n) is 13.1. The van der Waals surface area contributed by atoms with Crippen molar-refractivity contribution in [2.45, 2.75) is 13.0 Å². The second-order valence-corrected chi connectivity index (χ2v) is 9.41. The SMILES string of the molecule is CCOC(=O)C1=C(CN2CCN(C(=O)c3cccc(OC)c3)CC2)N(C)C(=O)N[C@@H]1c1cccc(OC)c1OC. The monoisotopic (exact) mass is 552 g/mol. The Hall–Kier alpha value is -4.25. The van der Waals surface area contributed by atoms with Crippen LogP contribution in [0.2, 0.25) is 0 Å². The normalized spacial score (nSPS) is 17.8. The second-order valence-electron chi connectivity index (χ2n) is 9.41. The van der Waals surface area contributed by atoms with Crippen LogP contribution in [0.1, 0.15) is 28.9 Å². The summed E-state index contributed by atoms with van der Waals surface area (Å²) in [5.41, 5.74) is 2.01. The fourth-order valence-corrected chi connectivity index (χ4v) is 5.03. The maximum absolute atomic E-state index is 13.4. The molecule has 4 rings (SSSR count). The van der Waals surface area contributed by atoms with E-state index >= 15 is 0 Å². The minimum absolute atomic E-state index is 0.0654. The van der Waals surface area contributed by atoms with Gasteiger partial charge in [-0.2, -0.15) is 0 Å². The lowest BCUT2D eigenvalue weighted by atomic mass is 9.93. The summed E-state index contributed by atoms with van der Waals surface area (Å²) in [6.45, 7) is 4.38. The number of piperazine rings is 1. The van der Waals surface area contributed by atoms with Gasteiger partial charge in [-0.05, 0) is 31.2 Å². The van der Waals surface area contributed by atoms with Crippen LogP contribution in [0.4, 0.5) is 4.79 Å². The molecule has 1 fully saturated rings. The number of carbonyl (C=O) groups is 3. The summed E-state index contributed by atoms with van der Waals surface area (Å²) >= 11 is 0. The number of rotatable bonds is 9. The van der Waals surface area contributed by atoms with Gasteiger partial charge in [-0.3, -0.25) is 14.6 Å². The van der Waals surface area contributed by atoms with Gasteiger partial charge < -0.3 is 29.2 Å². The predicted octanol–water partition coefficient (Wildman–Crippen LogP) is 2.68. The average molecular weight is 553 g/mol. The smallest absolute Gasteiger partial charge is 0.338 e. The molecule has 0 spiro atoms. The molecule has 1 saturated heterocycles. The van der Waals surface area contributed by atoms with Gasteiger partial charge in [0.05, 0.1) is 39.6 Å². The first kappa shape index (κ1) is 28.8. The Morgan fingerprint density at radius 3 is 2.35 bits per heavy atom. The Morgan fingerprint density at radius 1 is 0.975 bits per heavy atom. The van der Waals surface area contributed by atoms with Gasteiger partial charge in [-0.15, -0.1) is 0 Å². The molecule has 1 N–H and O–H groups in total. The Labute approximate surface area is 234 Å². The van der Waals surface area contributed by atoms with Gasteiger partial charge in [0.2, 0.25) is 0 Å². The van der Waals surface area contributed by atoms with Crippen molar-refractivity contribution in [2.24, 2.45) is 0 Å². The first-order chi connectivity index (χ1) is 19.3. The number of methoxy groups -OCH3 is 3. The zero-order valence-electron chi connectivity index (χ0n) is 23.6. The van der Waals surface area contributed by atoms with E-state index in [4.69, 9.17) is 18.9 Å². The van der Waals surface area contributed by atoms with E-state index in [1.807, 2.05) is 0 Å². The quantitative estimate of drug-likeness (QED) is 0.473. The van der Waals surface area contributed by atoms with Crippen molar-refractivity contribution >= 4 is 17.9 Å². The highest BCUT2D eigenvalue weighted by molar-refractivity contribution is 5.96. The van der Waals surface area contributed by atoms with Crippen LogP contribution < -0.4 is 19.5 Å². The molecule has 11 nitrogen and oxygen atoms in total. The maximum Gasteiger partial charge on any atom is 0.338 e. The van der Waals surface area contributed by atoms with Gasteiger partial charge in [0.15, 0.2) is 11.5 Å². The lowest BCUT2D eigenvalue weighted by Crippen LogP contribution is -2.53. The van der Waals surface area contributed by atoms with E-state index in [0.717, 1.165) is 0 Å². The molecule has 0 unspecified atom stereocenters. The summed E-state index contributed by atoms with van der Waals surface area (Å²) in [4.78, 5) is 45.0. The van der Waals surface area contributed by atoms with E-state index < -0.39 is 12.0 Å². The summed E-state index contributed by atoms with van der Waals surface area (Å²) in [7, 11) is 6.24. The van der Waals surface area contributed by atoms with Gasteiger partial charge in [-0.25, -0.2) is 9.59 Å². The van der Waals surface area contributed by atoms with Gasteiger partial charge in [-0.1, -0.05) is 18.2 Å². The Kier molecular flexibility index (Phi) is 9.15. The van der Waals surface area contributed by atoms with Crippen LogP contribution in [0.15, 0.2) is 53.7 Å². The average Bonchev–Trinajstić information content (AvgIpc) is 2.98. The highest BCUT2D eigenvalue weighted by atomic mass is 16.5. The van der Waals surface area contributed by atoms with Crippen LogP contribution in [-0.4, -0.2) is 100 Å². The van der Waals surface area contributed by atoms with Gasteiger partial charge in [0.25, 0.3) is 5.91 Å². The highest BCUT2D eigenvalue weighted by Gasteiger charge is 2.39. The lowest BCUT2D eigenvalue weighted by molar-refractivity contribution is -0.139. The standard InChI is InChI=1S/C29H36N4O7/c1-6-40-28(35)24-22(31(2)29(36)30-25(24)21-11-8-12-23(38-4)26(21)39-5)18-32-13-15-33(16-14-32)27(34)19-9-7-10-20(17-19)37-3/h7-12,17,25H,6,13-16,18H2,1-5H3,(H,30,36)/t25-/m1/s1. The number of hydrogen-bond acceptors (Lipinski definition) is 8. The molecule has 0 saturated carbocycles. The molecule has 2 aliphatic rings. The van der Waals surface area contributed by atoms with Crippen LogP contribution in [-0.2, 0) is 9.53 Å². The van der Waals surface area contributed by atoms with Crippen LogP contribution in [0.25, 0.3) is 0 Å².